The van der Waals surface area contributed by atoms with Crippen molar-refractivity contribution in [3.8, 4) is 6.07 Å². The third kappa shape index (κ3) is 19.0. The van der Waals surface area contributed by atoms with Crippen molar-refractivity contribution >= 4 is 40.9 Å². The minimum Gasteiger partial charge on any atom is -0.445 e. The second-order valence-electron chi connectivity index (χ2n) is 14.5. The van der Waals surface area contributed by atoms with Gasteiger partial charge in [-0.25, -0.2) is 17.8 Å². The molecule has 24 heteroatoms. The lowest BCUT2D eigenvalue weighted by atomic mass is 10.2. The molecule has 2 aromatic carbocycles. The van der Waals surface area contributed by atoms with Crippen molar-refractivity contribution < 1.29 is 19.1 Å². The second-order valence-corrected chi connectivity index (χ2v) is 20.8. The smallest absolute Gasteiger partial charge is 0.411 e. The van der Waals surface area contributed by atoms with Crippen LogP contribution in [0.15, 0.2) is 68.9 Å². The monoisotopic (exact) mass is 896 g/mol. The van der Waals surface area contributed by atoms with Gasteiger partial charge >= 0.3 is 40.9 Å². The summed E-state index contributed by atoms with van der Waals surface area (Å²) < 4.78 is 17.9. The van der Waals surface area contributed by atoms with E-state index in [4.69, 9.17) is 25.8 Å². The molecule has 2 amide bonds. The minimum absolute atomic E-state index is 0.142. The lowest BCUT2D eigenvalue weighted by molar-refractivity contribution is 0.0908. The van der Waals surface area contributed by atoms with Gasteiger partial charge in [-0.05, 0) is 77.1 Å². The molecule has 3 atom stereocenters. The van der Waals surface area contributed by atoms with E-state index in [1.54, 1.807) is 4.90 Å². The van der Waals surface area contributed by atoms with Crippen LogP contribution in [0.2, 0.25) is 21.1 Å². The van der Waals surface area contributed by atoms with E-state index in [0.717, 1.165) is 76.7 Å². The number of nitrogens with zero attached hydrogens (tertiary/aromatic N) is 15. The Balaban J connectivity index is 0.000000222. The molecule has 334 valence electrons. The van der Waals surface area contributed by atoms with E-state index >= 15 is 0 Å². The number of hydrogen-bond acceptors (Lipinski definition) is 14. The Bertz CT molecular complexity index is 1940. The topological polar surface area (TPSA) is 301 Å². The number of benzene rings is 2. The van der Waals surface area contributed by atoms with Crippen molar-refractivity contribution in [2.75, 3.05) is 19.6 Å². The Morgan fingerprint density at radius 2 is 1.24 bits per heavy atom. The summed E-state index contributed by atoms with van der Waals surface area (Å²) in [5, 5.41) is 44.0. The maximum Gasteiger partial charge on any atom is 0.411 e. The van der Waals surface area contributed by atoms with Crippen molar-refractivity contribution in [3.05, 3.63) is 104 Å². The number of amides is 2. The number of nitriles is 1. The average molecular weight is 897 g/mol. The first-order valence-corrected chi connectivity index (χ1v) is 25.7. The number of aromatic amines is 2. The lowest BCUT2D eigenvalue weighted by Crippen LogP contribution is -2.34. The molecule has 4 aromatic rings. The predicted molar refractivity (Wildman–Crippen MR) is 237 cm³/mol. The van der Waals surface area contributed by atoms with Crippen molar-refractivity contribution in [1.82, 2.24) is 56.4 Å². The zero-order chi connectivity index (χ0) is 45.5. The van der Waals surface area contributed by atoms with E-state index in [0.29, 0.717) is 25.0 Å². The third-order valence-corrected chi connectivity index (χ3v) is 14.9. The molecule has 0 spiro atoms. The first-order valence-electron chi connectivity index (χ1n) is 21.4. The molecular formula is C39H58Al2N18O4. The fourth-order valence-corrected chi connectivity index (χ4v) is 8.66. The number of hydrogen-bond donors (Lipinski definition) is 3. The van der Waals surface area contributed by atoms with Crippen LogP contribution in [0.5, 0.6) is 0 Å². The van der Waals surface area contributed by atoms with Crippen LogP contribution in [0.25, 0.3) is 20.9 Å². The molecular weight excluding hydrogens is 839 g/mol. The molecule has 3 saturated heterocycles. The van der Waals surface area contributed by atoms with E-state index in [2.05, 4.69) is 98.3 Å². The molecule has 7 rings (SSSR count). The van der Waals surface area contributed by atoms with Crippen LogP contribution in [0.4, 0.5) is 9.59 Å². The van der Waals surface area contributed by atoms with Gasteiger partial charge in [-0.3, -0.25) is 9.80 Å². The quantitative estimate of drug-likeness (QED) is 0.0524. The van der Waals surface area contributed by atoms with Crippen LogP contribution < -0.4 is 5.32 Å². The van der Waals surface area contributed by atoms with E-state index in [1.165, 1.54) is 11.3 Å². The number of tetrazole rings is 2. The molecule has 3 fully saturated rings. The van der Waals surface area contributed by atoms with E-state index in [-0.39, 0.29) is 31.4 Å². The van der Waals surface area contributed by atoms with Gasteiger partial charge in [0.25, 0.3) is 0 Å². The van der Waals surface area contributed by atoms with Crippen molar-refractivity contribution in [3.63, 3.8) is 0 Å². The molecule has 0 saturated carbocycles. The van der Waals surface area contributed by atoms with E-state index in [1.807, 2.05) is 60.7 Å². The van der Waals surface area contributed by atoms with E-state index in [9.17, 15) is 9.59 Å². The highest BCUT2D eigenvalue weighted by molar-refractivity contribution is 6.56. The fraction of sp³-hybridized carbons (Fsp3) is 0.564. The Morgan fingerprint density at radius 3 is 1.67 bits per heavy atom. The molecule has 22 nitrogen and oxygen atoms in total. The molecule has 0 radical (unpaired) electrons. The number of aromatic nitrogens is 8. The Kier molecular flexibility index (Phi) is 25.5. The molecule has 5 heterocycles. The average Bonchev–Trinajstić information content (AvgIpc) is 4.20. The van der Waals surface area contributed by atoms with Crippen molar-refractivity contribution in [2.45, 2.75) is 119 Å². The van der Waals surface area contributed by atoms with Gasteiger partial charge in [0.2, 0.25) is 0 Å². The predicted octanol–water partition coefficient (Wildman–Crippen LogP) is 8.26. The van der Waals surface area contributed by atoms with Gasteiger partial charge < -0.3 is 14.8 Å². The summed E-state index contributed by atoms with van der Waals surface area (Å²) in [6, 6.07) is 21.1. The number of carbonyl (C=O) groups excluding carboxylic acids is 2. The van der Waals surface area contributed by atoms with Crippen LogP contribution in [-0.4, -0.2) is 118 Å². The SMILES string of the molecule is C1CN[C@H](c2nn[nH]n2)C1.C[CH2][Al]([CH2]C)[N]=[N+]=[N-].C[CH2][Al]([CH2]C)[N]=[N+]=[N-].N#C[C@@H]1CCCN1C(=O)OCc1ccccc1.O=C(OCc1ccccc1)N1CCC[C@H]1c1nn[nH]n1. The molecule has 0 aliphatic carbocycles. The lowest BCUT2D eigenvalue weighted by Gasteiger charge is -2.21. The van der Waals surface area contributed by atoms with Crippen LogP contribution in [0.1, 0.15) is 101 Å². The van der Waals surface area contributed by atoms with Gasteiger partial charge in [-0.1, -0.05) is 120 Å². The summed E-state index contributed by atoms with van der Waals surface area (Å²) in [6.45, 7) is 11.2. The molecule has 3 aliphatic rings. The highest BCUT2D eigenvalue weighted by Gasteiger charge is 2.34. The highest BCUT2D eigenvalue weighted by atomic mass is 27.2. The molecule has 63 heavy (non-hydrogen) atoms. The van der Waals surface area contributed by atoms with Crippen LogP contribution >= 0.6 is 0 Å². The number of nitrogens with one attached hydrogen (secondary N) is 3. The zero-order valence-electron chi connectivity index (χ0n) is 36.6. The highest BCUT2D eigenvalue weighted by Crippen LogP contribution is 2.30. The van der Waals surface area contributed by atoms with Gasteiger partial charge in [-0.15, -0.1) is 20.4 Å². The number of rotatable bonds is 12. The summed E-state index contributed by atoms with van der Waals surface area (Å²) in [4.78, 5) is 32.6. The third-order valence-electron chi connectivity index (χ3n) is 10.2. The van der Waals surface area contributed by atoms with Crippen molar-refractivity contribution in [2.24, 2.45) is 8.20 Å². The van der Waals surface area contributed by atoms with Crippen LogP contribution in [0, 0.1) is 11.3 Å². The number of azide groups is 2. The summed E-state index contributed by atoms with van der Waals surface area (Å²) in [6.07, 6.45) is 4.98. The molecule has 3 N–H and O–H groups in total. The van der Waals surface area contributed by atoms with Crippen LogP contribution in [0.3, 0.4) is 0 Å². The molecule has 0 unspecified atom stereocenters. The maximum absolute atomic E-state index is 12.1. The Morgan fingerprint density at radius 1 is 0.746 bits per heavy atom. The molecule has 3 aliphatic heterocycles. The van der Waals surface area contributed by atoms with Crippen molar-refractivity contribution in [1.29, 1.82) is 5.26 Å². The second kappa shape index (κ2) is 31.1. The fourth-order valence-electron chi connectivity index (χ4n) is 6.56. The normalized spacial score (nSPS) is 16.8. The van der Waals surface area contributed by atoms with Gasteiger partial charge in [0.05, 0.1) is 18.2 Å². The number of likely N-dealkylation sites (tertiary alicyclic amines) is 2. The van der Waals surface area contributed by atoms with Crippen LogP contribution in [-0.2, 0) is 22.7 Å². The zero-order valence-corrected chi connectivity index (χ0v) is 38.9. The minimum atomic E-state index is -0.984. The largest absolute Gasteiger partial charge is 0.445 e. The summed E-state index contributed by atoms with van der Waals surface area (Å²) in [7, 11) is 0. The summed E-state index contributed by atoms with van der Waals surface area (Å²) in [5.41, 5.74) is 17.9. The van der Waals surface area contributed by atoms with Gasteiger partial charge in [0, 0.05) is 13.1 Å². The Labute approximate surface area is 376 Å². The van der Waals surface area contributed by atoms with E-state index < -0.39 is 34.8 Å². The molecule has 0 bridgehead atoms. The standard InChI is InChI=1S/C13H15N5O2.C13H14N2O2.C5H9N5.4C2H5.2Al.2N3/c19-13(20-9-10-5-2-1-3-6-10)18-8-4-7-11(18)12-14-16-17-15-12;14-9-12-7-4-8-15(12)13(16)17-10-11-5-2-1-3-6-11;1-2-4(6-3-1)5-7-9-10-8-5;4*1-2;;;2*1-3-2/h1-3,5-6,11H,4,7-9H2,(H,14,15,16,17);1-3,5-6,12H,4,7-8,10H2;4,6H,1-3H2,(H,7,8,9,10);4*1H2,2H3;;;;/q;;;;;;;2*+1;2*-1/t11-;12-;4-;;;;;;;;/m000......../s1. The van der Waals surface area contributed by atoms with Gasteiger partial charge in [-0.2, -0.15) is 15.7 Å². The summed E-state index contributed by atoms with van der Waals surface area (Å²) >= 11 is -1.97. The number of ether oxygens (including phenoxy) is 2. The van der Waals surface area contributed by atoms with Gasteiger partial charge in [0.15, 0.2) is 11.6 Å². The number of H-pyrrole nitrogens is 2. The first-order chi connectivity index (χ1) is 30.8. The Hall–Kier alpha value is -5.75. The maximum atomic E-state index is 12.1. The molecule has 2 aromatic heterocycles. The van der Waals surface area contributed by atoms with Gasteiger partial charge in [0.1, 0.15) is 19.3 Å². The first kappa shape index (κ1) is 51.6. The number of carbonyl (C=O) groups is 2. The summed E-state index contributed by atoms with van der Waals surface area (Å²) in [5.74, 6) is 1.33.